The SMILES string of the molecule is Cc1ccc2c(c1)C(=O)C(=N)N2CC(F)(F)F. The number of aryl methyl sites for hydroxylation is 1. The fourth-order valence-electron chi connectivity index (χ4n) is 1.78. The summed E-state index contributed by atoms with van der Waals surface area (Å²) in [6.45, 7) is 0.428. The number of halogens is 3. The zero-order chi connectivity index (χ0) is 12.8. The molecule has 2 rings (SSSR count). The summed E-state index contributed by atoms with van der Waals surface area (Å²) in [5.41, 5.74) is 1.10. The van der Waals surface area contributed by atoms with Crippen LogP contribution in [0.5, 0.6) is 0 Å². The van der Waals surface area contributed by atoms with E-state index in [0.717, 1.165) is 5.56 Å². The third-order valence-electron chi connectivity index (χ3n) is 2.51. The van der Waals surface area contributed by atoms with Gasteiger partial charge in [-0.15, -0.1) is 0 Å². The molecule has 17 heavy (non-hydrogen) atoms. The topological polar surface area (TPSA) is 44.2 Å². The van der Waals surface area contributed by atoms with Crippen LogP contribution in [-0.2, 0) is 0 Å². The van der Waals surface area contributed by atoms with Gasteiger partial charge in [-0.05, 0) is 19.1 Å². The predicted molar refractivity (Wildman–Crippen MR) is 56.6 cm³/mol. The Kier molecular flexibility index (Phi) is 2.45. The van der Waals surface area contributed by atoms with Crippen molar-refractivity contribution in [2.45, 2.75) is 13.1 Å². The third kappa shape index (κ3) is 2.02. The average Bonchev–Trinajstić information content (AvgIpc) is 2.42. The maximum Gasteiger partial charge on any atom is 0.406 e. The first-order chi connectivity index (χ1) is 7.79. The van der Waals surface area contributed by atoms with E-state index in [9.17, 15) is 18.0 Å². The van der Waals surface area contributed by atoms with Gasteiger partial charge in [0.2, 0.25) is 5.78 Å². The number of amidine groups is 1. The first kappa shape index (κ1) is 11.6. The highest BCUT2D eigenvalue weighted by Crippen LogP contribution is 2.32. The summed E-state index contributed by atoms with van der Waals surface area (Å²) in [6, 6.07) is 4.56. The molecule has 0 aromatic heterocycles. The van der Waals surface area contributed by atoms with Crippen LogP contribution in [0.1, 0.15) is 15.9 Å². The number of ketones is 1. The summed E-state index contributed by atoms with van der Waals surface area (Å²) in [5, 5.41) is 7.42. The molecule has 1 heterocycles. The van der Waals surface area contributed by atoms with E-state index in [1.165, 1.54) is 12.1 Å². The lowest BCUT2D eigenvalue weighted by atomic mass is 10.1. The Morgan fingerprint density at radius 1 is 1.35 bits per heavy atom. The van der Waals surface area contributed by atoms with Crippen LogP contribution in [0.15, 0.2) is 18.2 Å². The first-order valence-corrected chi connectivity index (χ1v) is 4.88. The molecule has 0 fully saturated rings. The molecule has 0 unspecified atom stereocenters. The zero-order valence-corrected chi connectivity index (χ0v) is 8.93. The first-order valence-electron chi connectivity index (χ1n) is 4.88. The average molecular weight is 242 g/mol. The Labute approximate surface area is 95.4 Å². The van der Waals surface area contributed by atoms with E-state index in [-0.39, 0.29) is 11.3 Å². The summed E-state index contributed by atoms with van der Waals surface area (Å²) < 4.78 is 37.0. The monoisotopic (exact) mass is 242 g/mol. The molecule has 0 saturated carbocycles. The fourth-order valence-corrected chi connectivity index (χ4v) is 1.78. The second-order valence-corrected chi connectivity index (χ2v) is 3.90. The predicted octanol–water partition coefficient (Wildman–Crippen LogP) is 2.54. The maximum absolute atomic E-state index is 12.3. The van der Waals surface area contributed by atoms with Crippen LogP contribution in [0.4, 0.5) is 18.9 Å². The lowest BCUT2D eigenvalue weighted by Crippen LogP contribution is -2.37. The lowest BCUT2D eigenvalue weighted by Gasteiger charge is -2.19. The van der Waals surface area contributed by atoms with E-state index in [0.29, 0.717) is 4.90 Å². The van der Waals surface area contributed by atoms with Crippen LogP contribution < -0.4 is 4.90 Å². The standard InChI is InChI=1S/C11H9F3N2O/c1-6-2-3-8-7(4-6)9(17)10(15)16(8)5-11(12,13)14/h2-4,15H,5H2,1H3. The quantitative estimate of drug-likeness (QED) is 0.822. The molecule has 90 valence electrons. The van der Waals surface area contributed by atoms with E-state index in [4.69, 9.17) is 5.41 Å². The Hall–Kier alpha value is -1.85. The van der Waals surface area contributed by atoms with Gasteiger partial charge in [0.15, 0.2) is 5.84 Å². The van der Waals surface area contributed by atoms with Gasteiger partial charge in [-0.2, -0.15) is 13.2 Å². The number of hydrogen-bond acceptors (Lipinski definition) is 2. The number of fused-ring (bicyclic) bond motifs is 1. The fraction of sp³-hybridized carbons (Fsp3) is 0.273. The molecule has 0 amide bonds. The van der Waals surface area contributed by atoms with Crippen molar-refractivity contribution < 1.29 is 18.0 Å². The summed E-state index contributed by atoms with van der Waals surface area (Å²) >= 11 is 0. The number of benzene rings is 1. The molecule has 1 aliphatic heterocycles. The van der Waals surface area contributed by atoms with Crippen molar-refractivity contribution in [2.75, 3.05) is 11.4 Å². The van der Waals surface area contributed by atoms with Gasteiger partial charge in [-0.25, -0.2) is 0 Å². The maximum atomic E-state index is 12.3. The van der Waals surface area contributed by atoms with Crippen molar-refractivity contribution in [3.8, 4) is 0 Å². The number of anilines is 1. The number of carbonyl (C=O) groups excluding carboxylic acids is 1. The van der Waals surface area contributed by atoms with Crippen LogP contribution in [0.25, 0.3) is 0 Å². The van der Waals surface area contributed by atoms with E-state index in [1.54, 1.807) is 13.0 Å². The molecule has 6 heteroatoms. The number of Topliss-reactive ketones (excluding diaryl/α,β-unsaturated/α-hetero) is 1. The summed E-state index contributed by atoms with van der Waals surface area (Å²) in [4.78, 5) is 12.3. The summed E-state index contributed by atoms with van der Waals surface area (Å²) in [6.07, 6.45) is -4.45. The molecular formula is C11H9F3N2O. The van der Waals surface area contributed by atoms with Gasteiger partial charge in [-0.3, -0.25) is 10.2 Å². The highest BCUT2D eigenvalue weighted by atomic mass is 19.4. The third-order valence-corrected chi connectivity index (χ3v) is 2.51. The van der Waals surface area contributed by atoms with Gasteiger partial charge in [0.25, 0.3) is 0 Å². The largest absolute Gasteiger partial charge is 0.406 e. The minimum atomic E-state index is -4.45. The minimum Gasteiger partial charge on any atom is -0.314 e. The van der Waals surface area contributed by atoms with Crippen LogP contribution in [0, 0.1) is 12.3 Å². The Morgan fingerprint density at radius 3 is 2.59 bits per heavy atom. The molecule has 3 nitrogen and oxygen atoms in total. The second-order valence-electron chi connectivity index (χ2n) is 3.90. The number of hydrogen-bond donors (Lipinski definition) is 1. The Morgan fingerprint density at radius 2 is 2.00 bits per heavy atom. The number of carbonyl (C=O) groups is 1. The summed E-state index contributed by atoms with van der Waals surface area (Å²) in [5.74, 6) is -1.28. The molecule has 1 N–H and O–H groups in total. The van der Waals surface area contributed by atoms with Gasteiger partial charge in [0.05, 0.1) is 5.69 Å². The van der Waals surface area contributed by atoms with E-state index in [1.807, 2.05) is 0 Å². The number of nitrogens with zero attached hydrogens (tertiary/aromatic N) is 1. The highest BCUT2D eigenvalue weighted by molar-refractivity contribution is 6.53. The van der Waals surface area contributed by atoms with Gasteiger partial charge >= 0.3 is 6.18 Å². The molecule has 0 aliphatic carbocycles. The molecule has 0 saturated heterocycles. The van der Waals surface area contributed by atoms with Gasteiger partial charge < -0.3 is 4.90 Å². The van der Waals surface area contributed by atoms with Crippen molar-refractivity contribution in [3.63, 3.8) is 0 Å². The molecular weight excluding hydrogens is 233 g/mol. The van der Waals surface area contributed by atoms with E-state index >= 15 is 0 Å². The van der Waals surface area contributed by atoms with Gasteiger partial charge in [0.1, 0.15) is 6.54 Å². The molecule has 0 bridgehead atoms. The normalized spacial score (nSPS) is 15.4. The smallest absolute Gasteiger partial charge is 0.314 e. The van der Waals surface area contributed by atoms with Gasteiger partial charge in [0, 0.05) is 5.56 Å². The van der Waals surface area contributed by atoms with Crippen molar-refractivity contribution in [1.82, 2.24) is 0 Å². The molecule has 0 spiro atoms. The van der Waals surface area contributed by atoms with Crippen LogP contribution in [0.2, 0.25) is 0 Å². The van der Waals surface area contributed by atoms with Crippen molar-refractivity contribution in [1.29, 1.82) is 5.41 Å². The Bertz CT molecular complexity index is 508. The molecule has 1 aliphatic rings. The summed E-state index contributed by atoms with van der Waals surface area (Å²) in [7, 11) is 0. The van der Waals surface area contributed by atoms with E-state index in [2.05, 4.69) is 0 Å². The zero-order valence-electron chi connectivity index (χ0n) is 8.93. The highest BCUT2D eigenvalue weighted by Gasteiger charge is 2.40. The second kappa shape index (κ2) is 3.58. The Balaban J connectivity index is 2.45. The molecule has 1 aromatic rings. The van der Waals surface area contributed by atoms with E-state index < -0.39 is 24.3 Å². The molecule has 0 radical (unpaired) electrons. The van der Waals surface area contributed by atoms with Crippen LogP contribution >= 0.6 is 0 Å². The number of rotatable bonds is 1. The lowest BCUT2D eigenvalue weighted by molar-refractivity contribution is -0.117. The van der Waals surface area contributed by atoms with Crippen LogP contribution in [-0.4, -0.2) is 24.3 Å². The van der Waals surface area contributed by atoms with Crippen molar-refractivity contribution >= 4 is 17.3 Å². The van der Waals surface area contributed by atoms with Crippen LogP contribution in [0.3, 0.4) is 0 Å². The number of alkyl halides is 3. The molecule has 1 aromatic carbocycles. The number of nitrogens with one attached hydrogen (secondary N) is 1. The minimum absolute atomic E-state index is 0.155. The van der Waals surface area contributed by atoms with Crippen molar-refractivity contribution in [3.05, 3.63) is 29.3 Å². The van der Waals surface area contributed by atoms with Gasteiger partial charge in [-0.1, -0.05) is 11.6 Å². The van der Waals surface area contributed by atoms with Crippen molar-refractivity contribution in [2.24, 2.45) is 0 Å². The molecule has 0 atom stereocenters.